The number of thiazole rings is 1. The lowest BCUT2D eigenvalue weighted by atomic mass is 10.1. The van der Waals surface area contributed by atoms with Crippen molar-refractivity contribution < 1.29 is 0 Å². The van der Waals surface area contributed by atoms with Crippen molar-refractivity contribution in [1.82, 2.24) is 15.2 Å². The van der Waals surface area contributed by atoms with Crippen molar-refractivity contribution in [1.29, 1.82) is 0 Å². The maximum atomic E-state index is 4.64. The van der Waals surface area contributed by atoms with E-state index in [0.717, 1.165) is 13.0 Å². The van der Waals surface area contributed by atoms with E-state index in [1.54, 1.807) is 11.3 Å². The Morgan fingerprint density at radius 1 is 1.39 bits per heavy atom. The zero-order chi connectivity index (χ0) is 12.8. The van der Waals surface area contributed by atoms with Crippen LogP contribution < -0.4 is 5.32 Å². The second kappa shape index (κ2) is 7.22. The molecule has 1 aliphatic rings. The van der Waals surface area contributed by atoms with Gasteiger partial charge in [0.05, 0.1) is 10.7 Å². The summed E-state index contributed by atoms with van der Waals surface area (Å²) >= 11 is 1.78. The van der Waals surface area contributed by atoms with Gasteiger partial charge in [0.2, 0.25) is 0 Å². The van der Waals surface area contributed by atoms with Crippen LogP contribution in [0.4, 0.5) is 0 Å². The average Bonchev–Trinajstić information content (AvgIpc) is 2.89. The van der Waals surface area contributed by atoms with E-state index < -0.39 is 0 Å². The monoisotopic (exact) mass is 267 g/mol. The van der Waals surface area contributed by atoms with Crippen molar-refractivity contribution in [2.24, 2.45) is 0 Å². The molecule has 4 heteroatoms. The molecule has 2 heterocycles. The van der Waals surface area contributed by atoms with Crippen LogP contribution in [-0.4, -0.2) is 36.1 Å². The number of nitrogens with zero attached hydrogens (tertiary/aromatic N) is 2. The van der Waals surface area contributed by atoms with Crippen molar-refractivity contribution in [2.75, 3.05) is 26.2 Å². The molecule has 0 unspecified atom stereocenters. The van der Waals surface area contributed by atoms with E-state index >= 15 is 0 Å². The van der Waals surface area contributed by atoms with E-state index in [9.17, 15) is 0 Å². The van der Waals surface area contributed by atoms with E-state index in [-0.39, 0.29) is 0 Å². The summed E-state index contributed by atoms with van der Waals surface area (Å²) in [5, 5.41) is 7.02. The third-order valence-electron chi connectivity index (χ3n) is 3.64. The summed E-state index contributed by atoms with van der Waals surface area (Å²) in [5.74, 6) is 0. The van der Waals surface area contributed by atoms with Gasteiger partial charge in [0, 0.05) is 24.5 Å². The van der Waals surface area contributed by atoms with E-state index in [2.05, 4.69) is 34.4 Å². The third-order valence-corrected chi connectivity index (χ3v) is 4.65. The van der Waals surface area contributed by atoms with Gasteiger partial charge in [-0.1, -0.05) is 13.3 Å². The van der Waals surface area contributed by atoms with Gasteiger partial charge in [-0.05, 0) is 39.3 Å². The molecule has 1 aromatic heterocycles. The van der Waals surface area contributed by atoms with Crippen molar-refractivity contribution >= 4 is 11.3 Å². The Hall–Kier alpha value is -0.450. The molecule has 0 spiro atoms. The summed E-state index contributed by atoms with van der Waals surface area (Å²) in [6, 6.07) is 0.381. The lowest BCUT2D eigenvalue weighted by Gasteiger charge is -2.26. The first-order valence-corrected chi connectivity index (χ1v) is 8.07. The molecule has 102 valence electrons. The van der Waals surface area contributed by atoms with Crippen LogP contribution in [0.5, 0.6) is 0 Å². The summed E-state index contributed by atoms with van der Waals surface area (Å²) in [6.07, 6.45) is 5.22. The highest BCUT2D eigenvalue weighted by atomic mass is 32.1. The van der Waals surface area contributed by atoms with E-state index in [1.807, 2.05) is 0 Å². The molecule has 0 saturated carbocycles. The average molecular weight is 267 g/mol. The van der Waals surface area contributed by atoms with Crippen LogP contribution >= 0.6 is 11.3 Å². The molecule has 2 rings (SSSR count). The highest BCUT2D eigenvalue weighted by molar-refractivity contribution is 7.09. The molecule has 1 N–H and O–H groups in total. The minimum atomic E-state index is 0.381. The van der Waals surface area contributed by atoms with Crippen molar-refractivity contribution in [3.63, 3.8) is 0 Å². The topological polar surface area (TPSA) is 28.2 Å². The fourth-order valence-corrected chi connectivity index (χ4v) is 3.25. The molecular weight excluding hydrogens is 242 g/mol. The van der Waals surface area contributed by atoms with Gasteiger partial charge in [-0.15, -0.1) is 11.3 Å². The molecule has 3 nitrogen and oxygen atoms in total. The molecule has 1 aliphatic heterocycles. The second-order valence-electron chi connectivity index (χ2n) is 5.10. The Kier molecular flexibility index (Phi) is 5.60. The van der Waals surface area contributed by atoms with E-state index in [4.69, 9.17) is 0 Å². The highest BCUT2D eigenvalue weighted by Crippen LogP contribution is 2.16. The number of nitrogens with one attached hydrogen (secondary N) is 1. The fourth-order valence-electron chi connectivity index (χ4n) is 2.41. The molecule has 0 amide bonds. The number of rotatable bonds is 6. The summed E-state index contributed by atoms with van der Waals surface area (Å²) in [4.78, 5) is 7.21. The predicted molar refractivity (Wildman–Crippen MR) is 78.2 cm³/mol. The van der Waals surface area contributed by atoms with Crippen LogP contribution in [0.25, 0.3) is 0 Å². The zero-order valence-electron chi connectivity index (χ0n) is 11.6. The summed E-state index contributed by atoms with van der Waals surface area (Å²) in [7, 11) is 0. The Morgan fingerprint density at radius 3 is 2.83 bits per heavy atom. The first kappa shape index (κ1) is 14.0. The van der Waals surface area contributed by atoms with Crippen LogP contribution in [0.2, 0.25) is 0 Å². The number of likely N-dealkylation sites (tertiary alicyclic amines) is 1. The maximum Gasteiger partial charge on any atom is 0.0926 e. The van der Waals surface area contributed by atoms with Crippen LogP contribution in [0.3, 0.4) is 0 Å². The predicted octanol–water partition coefficient (Wildman–Crippen LogP) is 2.84. The highest BCUT2D eigenvalue weighted by Gasteiger charge is 2.11. The second-order valence-corrected chi connectivity index (χ2v) is 6.04. The minimum Gasteiger partial charge on any atom is -0.308 e. The summed E-state index contributed by atoms with van der Waals surface area (Å²) in [5.41, 5.74) is 1.20. The fraction of sp³-hybridized carbons (Fsp3) is 0.786. The number of hydrogen-bond acceptors (Lipinski definition) is 4. The molecule has 0 aliphatic carbocycles. The van der Waals surface area contributed by atoms with E-state index in [1.165, 1.54) is 49.6 Å². The largest absolute Gasteiger partial charge is 0.308 e. The molecule has 1 aromatic rings. The molecule has 0 aromatic carbocycles. The van der Waals surface area contributed by atoms with Crippen LogP contribution in [0.15, 0.2) is 5.38 Å². The maximum absolute atomic E-state index is 4.64. The molecule has 1 fully saturated rings. The zero-order valence-corrected chi connectivity index (χ0v) is 12.4. The van der Waals surface area contributed by atoms with Crippen molar-refractivity contribution in [2.45, 2.75) is 45.6 Å². The number of piperidine rings is 1. The Morgan fingerprint density at radius 2 is 2.17 bits per heavy atom. The van der Waals surface area contributed by atoms with Crippen LogP contribution in [0.1, 0.15) is 49.9 Å². The summed E-state index contributed by atoms with van der Waals surface area (Å²) in [6.45, 7) is 9.19. The normalized spacial score (nSPS) is 19.0. The minimum absolute atomic E-state index is 0.381. The van der Waals surface area contributed by atoms with Crippen molar-refractivity contribution in [3.8, 4) is 0 Å². The number of hydrogen-bond donors (Lipinski definition) is 1. The van der Waals surface area contributed by atoms with Gasteiger partial charge in [-0.2, -0.15) is 0 Å². The van der Waals surface area contributed by atoms with Gasteiger partial charge in [0.15, 0.2) is 0 Å². The first-order valence-electron chi connectivity index (χ1n) is 7.19. The number of aromatic nitrogens is 1. The van der Waals surface area contributed by atoms with Gasteiger partial charge < -0.3 is 10.2 Å². The van der Waals surface area contributed by atoms with Crippen molar-refractivity contribution in [3.05, 3.63) is 16.1 Å². The number of aryl methyl sites for hydroxylation is 1. The first-order chi connectivity index (χ1) is 8.79. The lowest BCUT2D eigenvalue weighted by Crippen LogP contribution is -2.36. The molecular formula is C14H25N3S. The lowest BCUT2D eigenvalue weighted by molar-refractivity contribution is 0.227. The van der Waals surface area contributed by atoms with Gasteiger partial charge in [0.1, 0.15) is 0 Å². The molecule has 0 radical (unpaired) electrons. The third kappa shape index (κ3) is 4.04. The molecule has 1 atom stereocenters. The van der Waals surface area contributed by atoms with Gasteiger partial charge in [-0.3, -0.25) is 0 Å². The van der Waals surface area contributed by atoms with Crippen LogP contribution in [0, 0.1) is 0 Å². The molecule has 18 heavy (non-hydrogen) atoms. The standard InChI is InChI=1S/C14H25N3S/c1-3-14-16-13(11-18-14)12(2)15-7-10-17-8-5-4-6-9-17/h11-12,15H,3-10H2,1-2H3/t12-/m0/s1. The van der Waals surface area contributed by atoms with Gasteiger partial charge in [-0.25, -0.2) is 4.98 Å². The SMILES string of the molecule is CCc1nc([C@H](C)NCCN2CCCCC2)cs1. The van der Waals surface area contributed by atoms with E-state index in [0.29, 0.717) is 6.04 Å². The smallest absolute Gasteiger partial charge is 0.0926 e. The van der Waals surface area contributed by atoms with Gasteiger partial charge in [0.25, 0.3) is 0 Å². The molecule has 1 saturated heterocycles. The molecule has 0 bridgehead atoms. The quantitative estimate of drug-likeness (QED) is 0.859. The Balaban J connectivity index is 1.69. The summed E-state index contributed by atoms with van der Waals surface area (Å²) < 4.78 is 0. The van der Waals surface area contributed by atoms with Crippen LogP contribution in [-0.2, 0) is 6.42 Å². The van der Waals surface area contributed by atoms with Gasteiger partial charge >= 0.3 is 0 Å². The Labute approximate surface area is 115 Å². The Bertz CT molecular complexity index is 345.